The molecular weight excluding hydrogens is 96.1 g/mol. The van der Waals surface area contributed by atoms with Gasteiger partial charge in [-0.25, -0.2) is 0 Å². The van der Waals surface area contributed by atoms with E-state index in [0.717, 1.165) is 12.3 Å². The van der Waals surface area contributed by atoms with E-state index >= 15 is 0 Å². The minimum absolute atomic E-state index is 0.819. The standard InChI is InChI=1S/C8H11/c1-2-5-8-6-3-4-7-8/h1,3,8H,4-7H2. The molecule has 0 spiro atoms. The number of hydrogen-bond donors (Lipinski definition) is 0. The molecule has 0 aromatic rings. The van der Waals surface area contributed by atoms with Gasteiger partial charge in [0.1, 0.15) is 0 Å². The van der Waals surface area contributed by atoms with Gasteiger partial charge in [0.25, 0.3) is 0 Å². The van der Waals surface area contributed by atoms with Gasteiger partial charge >= 0.3 is 0 Å². The topological polar surface area (TPSA) is 0 Å². The Morgan fingerprint density at radius 3 is 3.12 bits per heavy atom. The summed E-state index contributed by atoms with van der Waals surface area (Å²) in [6.45, 7) is 0. The molecule has 0 heteroatoms. The van der Waals surface area contributed by atoms with Gasteiger partial charge in [-0.15, -0.1) is 12.3 Å². The molecule has 1 aliphatic rings. The van der Waals surface area contributed by atoms with Crippen LogP contribution in [0.25, 0.3) is 0 Å². The number of hydrogen-bond acceptors (Lipinski definition) is 0. The van der Waals surface area contributed by atoms with E-state index in [9.17, 15) is 0 Å². The Morgan fingerprint density at radius 2 is 2.62 bits per heavy atom. The molecule has 0 heterocycles. The van der Waals surface area contributed by atoms with Crippen LogP contribution in [0.3, 0.4) is 0 Å². The van der Waals surface area contributed by atoms with E-state index in [1.807, 2.05) is 0 Å². The van der Waals surface area contributed by atoms with Gasteiger partial charge in [-0.05, 0) is 31.6 Å². The maximum Gasteiger partial charge on any atom is 0.0114 e. The van der Waals surface area contributed by atoms with E-state index < -0.39 is 0 Å². The van der Waals surface area contributed by atoms with Crippen LogP contribution in [0, 0.1) is 24.7 Å². The highest BCUT2D eigenvalue weighted by Crippen LogP contribution is 2.25. The third kappa shape index (κ3) is 1.26. The lowest BCUT2D eigenvalue weighted by Gasteiger charge is -1.99. The highest BCUT2D eigenvalue weighted by atomic mass is 14.2. The average Bonchev–Trinajstić information content (AvgIpc) is 2.19. The average molecular weight is 107 g/mol. The van der Waals surface area contributed by atoms with E-state index in [1.165, 1.54) is 19.3 Å². The molecule has 0 nitrogen and oxygen atoms in total. The Labute approximate surface area is 51.3 Å². The van der Waals surface area contributed by atoms with Gasteiger partial charge < -0.3 is 0 Å². The second-order valence-corrected chi connectivity index (χ2v) is 2.38. The number of terminal acetylenes is 1. The lowest BCUT2D eigenvalue weighted by Crippen LogP contribution is -1.88. The minimum atomic E-state index is 0.819. The summed E-state index contributed by atoms with van der Waals surface area (Å²) in [5, 5.41) is 0. The lowest BCUT2D eigenvalue weighted by molar-refractivity contribution is 0.574. The van der Waals surface area contributed by atoms with E-state index in [4.69, 9.17) is 6.42 Å². The molecule has 1 atom stereocenters. The molecule has 1 rings (SSSR count). The molecule has 1 unspecified atom stereocenters. The molecule has 0 aliphatic heterocycles. The van der Waals surface area contributed by atoms with Crippen LogP contribution in [-0.4, -0.2) is 0 Å². The van der Waals surface area contributed by atoms with Crippen molar-refractivity contribution in [3.63, 3.8) is 0 Å². The summed E-state index contributed by atoms with van der Waals surface area (Å²) in [6.07, 6.45) is 12.3. The van der Waals surface area contributed by atoms with Gasteiger partial charge in [0.2, 0.25) is 0 Å². The highest BCUT2D eigenvalue weighted by molar-refractivity contribution is 4.91. The Balaban J connectivity index is 2.17. The molecule has 0 N–H and O–H groups in total. The maximum atomic E-state index is 5.14. The second-order valence-electron chi connectivity index (χ2n) is 2.38. The van der Waals surface area contributed by atoms with Crippen molar-refractivity contribution in [2.75, 3.05) is 0 Å². The summed E-state index contributed by atoms with van der Waals surface area (Å²) >= 11 is 0. The molecule has 1 aliphatic carbocycles. The van der Waals surface area contributed by atoms with Gasteiger partial charge in [-0.1, -0.05) is 0 Å². The smallest absolute Gasteiger partial charge is 0.0114 e. The molecule has 1 radical (unpaired) electrons. The van der Waals surface area contributed by atoms with Crippen molar-refractivity contribution in [1.29, 1.82) is 0 Å². The van der Waals surface area contributed by atoms with Crippen LogP contribution in [0.5, 0.6) is 0 Å². The normalized spacial score (nSPS) is 20.9. The fourth-order valence-electron chi connectivity index (χ4n) is 1.18. The van der Waals surface area contributed by atoms with Crippen LogP contribution in [0.2, 0.25) is 0 Å². The zero-order valence-corrected chi connectivity index (χ0v) is 5.06. The summed E-state index contributed by atoms with van der Waals surface area (Å²) in [7, 11) is 0. The monoisotopic (exact) mass is 107 g/mol. The molecule has 8 heavy (non-hydrogen) atoms. The van der Waals surface area contributed by atoms with Crippen molar-refractivity contribution >= 4 is 0 Å². The van der Waals surface area contributed by atoms with Crippen molar-refractivity contribution in [3.05, 3.63) is 6.42 Å². The fraction of sp³-hybridized carbons (Fsp3) is 0.625. The van der Waals surface area contributed by atoms with Crippen molar-refractivity contribution in [3.8, 4) is 12.3 Å². The van der Waals surface area contributed by atoms with Crippen LogP contribution < -0.4 is 0 Å². The third-order valence-corrected chi connectivity index (χ3v) is 1.69. The van der Waals surface area contributed by atoms with Gasteiger partial charge in [-0.3, -0.25) is 0 Å². The van der Waals surface area contributed by atoms with Gasteiger partial charge in [0.15, 0.2) is 0 Å². The van der Waals surface area contributed by atoms with E-state index in [1.54, 1.807) is 0 Å². The first-order valence-electron chi connectivity index (χ1n) is 3.18. The van der Waals surface area contributed by atoms with Crippen LogP contribution in [0.15, 0.2) is 0 Å². The fourth-order valence-corrected chi connectivity index (χ4v) is 1.18. The first-order valence-corrected chi connectivity index (χ1v) is 3.18. The minimum Gasteiger partial charge on any atom is -0.120 e. The maximum absolute atomic E-state index is 5.14. The first kappa shape index (κ1) is 5.69. The van der Waals surface area contributed by atoms with Crippen molar-refractivity contribution in [1.82, 2.24) is 0 Å². The lowest BCUT2D eigenvalue weighted by atomic mass is 10.1. The molecular formula is C8H11. The zero-order valence-electron chi connectivity index (χ0n) is 5.06. The van der Waals surface area contributed by atoms with Crippen LogP contribution >= 0.6 is 0 Å². The highest BCUT2D eigenvalue weighted by Gasteiger charge is 2.12. The van der Waals surface area contributed by atoms with Crippen molar-refractivity contribution < 1.29 is 0 Å². The molecule has 1 fully saturated rings. The Kier molecular flexibility index (Phi) is 1.97. The first-order chi connectivity index (χ1) is 3.93. The summed E-state index contributed by atoms with van der Waals surface area (Å²) in [6, 6.07) is 0. The van der Waals surface area contributed by atoms with Crippen LogP contribution in [0.1, 0.15) is 25.7 Å². The molecule has 0 saturated heterocycles. The SMILES string of the molecule is C#CCC1C[CH]CC1. The summed E-state index contributed by atoms with van der Waals surface area (Å²) in [4.78, 5) is 0. The Morgan fingerprint density at radius 1 is 1.75 bits per heavy atom. The zero-order chi connectivity index (χ0) is 5.82. The Hall–Kier alpha value is -0.440. The molecule has 0 amide bonds. The van der Waals surface area contributed by atoms with Crippen LogP contribution in [-0.2, 0) is 0 Å². The third-order valence-electron chi connectivity index (χ3n) is 1.69. The van der Waals surface area contributed by atoms with Crippen LogP contribution in [0.4, 0.5) is 0 Å². The van der Waals surface area contributed by atoms with Gasteiger partial charge in [-0.2, -0.15) is 0 Å². The molecule has 0 aromatic carbocycles. The van der Waals surface area contributed by atoms with E-state index in [0.29, 0.717) is 0 Å². The second kappa shape index (κ2) is 2.77. The van der Waals surface area contributed by atoms with Crippen molar-refractivity contribution in [2.45, 2.75) is 25.7 Å². The molecule has 0 bridgehead atoms. The van der Waals surface area contributed by atoms with Gasteiger partial charge in [0.05, 0.1) is 0 Å². The molecule has 0 aromatic heterocycles. The quantitative estimate of drug-likeness (QED) is 0.450. The van der Waals surface area contributed by atoms with Gasteiger partial charge in [0, 0.05) is 6.42 Å². The summed E-state index contributed by atoms with van der Waals surface area (Å²) < 4.78 is 0. The Bertz CT molecular complexity index is 91.1. The van der Waals surface area contributed by atoms with E-state index in [-0.39, 0.29) is 0 Å². The summed E-state index contributed by atoms with van der Waals surface area (Å²) in [5.41, 5.74) is 0. The number of rotatable bonds is 1. The van der Waals surface area contributed by atoms with Crippen molar-refractivity contribution in [2.24, 2.45) is 5.92 Å². The largest absolute Gasteiger partial charge is 0.120 e. The molecule has 1 saturated carbocycles. The van der Waals surface area contributed by atoms with E-state index in [2.05, 4.69) is 12.3 Å². The predicted octanol–water partition coefficient (Wildman–Crippen LogP) is 2.01. The predicted molar refractivity (Wildman–Crippen MR) is 35.1 cm³/mol. The molecule has 43 valence electrons. The summed E-state index contributed by atoms with van der Waals surface area (Å²) in [5.74, 6) is 3.51.